The van der Waals surface area contributed by atoms with Crippen molar-refractivity contribution in [1.29, 1.82) is 0 Å². The second kappa shape index (κ2) is 8.76. The first-order valence-corrected chi connectivity index (χ1v) is 12.8. The Morgan fingerprint density at radius 3 is 2.50 bits per heavy atom. The lowest BCUT2D eigenvalue weighted by Gasteiger charge is -2.32. The SMILES string of the molecule is Cc1nc(-c2cc(S(=O)(=O)N3CCC(C(=O)NC4CCCCC4)CC3)c(C)s2)no1. The van der Waals surface area contributed by atoms with Crippen LogP contribution in [-0.2, 0) is 14.8 Å². The van der Waals surface area contributed by atoms with Gasteiger partial charge in [0.2, 0.25) is 27.6 Å². The van der Waals surface area contributed by atoms with Gasteiger partial charge in [-0.05, 0) is 38.7 Å². The highest BCUT2D eigenvalue weighted by molar-refractivity contribution is 7.89. The topological polar surface area (TPSA) is 105 Å². The summed E-state index contributed by atoms with van der Waals surface area (Å²) in [4.78, 5) is 18.5. The summed E-state index contributed by atoms with van der Waals surface area (Å²) < 4.78 is 32.9. The average Bonchev–Trinajstić information content (AvgIpc) is 3.35. The van der Waals surface area contributed by atoms with Gasteiger partial charge in [-0.3, -0.25) is 4.79 Å². The first-order valence-electron chi connectivity index (χ1n) is 10.6. The maximum absolute atomic E-state index is 13.2. The normalized spacial score (nSPS) is 19.8. The van der Waals surface area contributed by atoms with Gasteiger partial charge in [0, 0.05) is 36.9 Å². The summed E-state index contributed by atoms with van der Waals surface area (Å²) in [7, 11) is -3.62. The highest BCUT2D eigenvalue weighted by atomic mass is 32.2. The van der Waals surface area contributed by atoms with E-state index in [-0.39, 0.29) is 22.8 Å². The second-order valence-electron chi connectivity index (χ2n) is 8.19. The molecular formula is C20H28N4O4S2. The van der Waals surface area contributed by atoms with Gasteiger partial charge in [0.25, 0.3) is 0 Å². The summed E-state index contributed by atoms with van der Waals surface area (Å²) in [6.45, 7) is 4.20. The van der Waals surface area contributed by atoms with Crippen molar-refractivity contribution in [3.05, 3.63) is 16.8 Å². The van der Waals surface area contributed by atoms with Crippen molar-refractivity contribution in [2.75, 3.05) is 13.1 Å². The Labute approximate surface area is 181 Å². The summed E-state index contributed by atoms with van der Waals surface area (Å²) >= 11 is 1.34. The zero-order valence-electron chi connectivity index (χ0n) is 17.4. The van der Waals surface area contributed by atoms with Crippen molar-refractivity contribution in [1.82, 2.24) is 19.8 Å². The molecule has 8 nitrogen and oxygen atoms in total. The van der Waals surface area contributed by atoms with Gasteiger partial charge in [0.1, 0.15) is 0 Å². The highest BCUT2D eigenvalue weighted by Gasteiger charge is 2.34. The first-order chi connectivity index (χ1) is 14.3. The summed E-state index contributed by atoms with van der Waals surface area (Å²) in [6, 6.07) is 1.91. The van der Waals surface area contributed by atoms with Crippen LogP contribution in [0.5, 0.6) is 0 Å². The number of hydrogen-bond acceptors (Lipinski definition) is 7. The van der Waals surface area contributed by atoms with Crippen LogP contribution in [0.2, 0.25) is 0 Å². The summed E-state index contributed by atoms with van der Waals surface area (Å²) in [5.74, 6) is 0.814. The van der Waals surface area contributed by atoms with Crippen LogP contribution in [0.25, 0.3) is 10.7 Å². The van der Waals surface area contributed by atoms with Gasteiger partial charge >= 0.3 is 0 Å². The van der Waals surface area contributed by atoms with Crippen LogP contribution >= 0.6 is 11.3 Å². The zero-order valence-corrected chi connectivity index (χ0v) is 19.0. The summed E-state index contributed by atoms with van der Waals surface area (Å²) in [5, 5.41) is 7.06. The van der Waals surface area contributed by atoms with Gasteiger partial charge in [0.05, 0.1) is 9.77 Å². The van der Waals surface area contributed by atoms with E-state index in [0.29, 0.717) is 47.4 Å². The van der Waals surface area contributed by atoms with Gasteiger partial charge in [-0.15, -0.1) is 11.3 Å². The molecule has 3 heterocycles. The molecule has 1 N–H and O–H groups in total. The predicted octanol–water partition coefficient (Wildman–Crippen LogP) is 3.26. The minimum Gasteiger partial charge on any atom is -0.353 e. The van der Waals surface area contributed by atoms with Gasteiger partial charge in [-0.2, -0.15) is 9.29 Å². The molecule has 0 unspecified atom stereocenters. The van der Waals surface area contributed by atoms with E-state index in [1.807, 2.05) is 0 Å². The van der Waals surface area contributed by atoms with E-state index in [4.69, 9.17) is 4.52 Å². The molecule has 1 saturated heterocycles. The standard InChI is InChI=1S/C20H28N4O4S2/c1-13-18(12-17(29-13)19-21-14(2)28-23-19)30(26,27)24-10-8-15(9-11-24)20(25)22-16-6-4-3-5-7-16/h12,15-16H,3-11H2,1-2H3,(H,22,25). The molecule has 1 aliphatic carbocycles. The third-order valence-electron chi connectivity index (χ3n) is 6.01. The summed E-state index contributed by atoms with van der Waals surface area (Å²) in [6.07, 6.45) is 6.81. The molecule has 0 aromatic carbocycles. The molecule has 2 aromatic rings. The zero-order chi connectivity index (χ0) is 21.3. The lowest BCUT2D eigenvalue weighted by atomic mass is 9.93. The van der Waals surface area contributed by atoms with Gasteiger partial charge in [-0.1, -0.05) is 24.4 Å². The quantitative estimate of drug-likeness (QED) is 0.746. The van der Waals surface area contributed by atoms with Crippen LogP contribution < -0.4 is 5.32 Å². The Hall–Kier alpha value is -1.78. The first kappa shape index (κ1) is 21.5. The van der Waals surface area contributed by atoms with E-state index in [1.165, 1.54) is 34.9 Å². The number of piperidine rings is 1. The molecule has 2 aliphatic rings. The number of aromatic nitrogens is 2. The third kappa shape index (κ3) is 4.45. The Kier molecular flexibility index (Phi) is 6.26. The Balaban J connectivity index is 1.40. The molecule has 1 saturated carbocycles. The predicted molar refractivity (Wildman–Crippen MR) is 114 cm³/mol. The lowest BCUT2D eigenvalue weighted by molar-refractivity contribution is -0.127. The van der Waals surface area contributed by atoms with Gasteiger partial charge in [-0.25, -0.2) is 8.42 Å². The molecule has 0 spiro atoms. The highest BCUT2D eigenvalue weighted by Crippen LogP contribution is 2.35. The van der Waals surface area contributed by atoms with E-state index in [2.05, 4.69) is 15.5 Å². The largest absolute Gasteiger partial charge is 0.353 e. The molecule has 2 aromatic heterocycles. The number of rotatable bonds is 5. The number of carbonyl (C=O) groups excluding carboxylic acids is 1. The van der Waals surface area contributed by atoms with Gasteiger partial charge in [0.15, 0.2) is 0 Å². The molecule has 10 heteroatoms. The fourth-order valence-corrected chi connectivity index (χ4v) is 7.25. The van der Waals surface area contributed by atoms with E-state index >= 15 is 0 Å². The maximum atomic E-state index is 13.2. The molecule has 1 aliphatic heterocycles. The molecule has 30 heavy (non-hydrogen) atoms. The Morgan fingerprint density at radius 1 is 1.17 bits per heavy atom. The maximum Gasteiger partial charge on any atom is 0.244 e. The van der Waals surface area contributed by atoms with E-state index in [1.54, 1.807) is 19.9 Å². The number of nitrogens with zero attached hydrogens (tertiary/aromatic N) is 3. The number of nitrogens with one attached hydrogen (secondary N) is 1. The monoisotopic (exact) mass is 452 g/mol. The average molecular weight is 453 g/mol. The van der Waals surface area contributed by atoms with Crippen LogP contribution in [0, 0.1) is 19.8 Å². The molecule has 0 radical (unpaired) electrons. The lowest BCUT2D eigenvalue weighted by Crippen LogP contribution is -2.45. The molecular weight excluding hydrogens is 424 g/mol. The van der Waals surface area contributed by atoms with Crippen LogP contribution in [0.15, 0.2) is 15.5 Å². The minimum absolute atomic E-state index is 0.0837. The van der Waals surface area contributed by atoms with Crippen LogP contribution in [-0.4, -0.2) is 47.9 Å². The number of hydrogen-bond donors (Lipinski definition) is 1. The van der Waals surface area contributed by atoms with Gasteiger partial charge < -0.3 is 9.84 Å². The van der Waals surface area contributed by atoms with Crippen LogP contribution in [0.4, 0.5) is 0 Å². The number of thiophene rings is 1. The minimum atomic E-state index is -3.62. The molecule has 1 amide bonds. The van der Waals surface area contributed by atoms with E-state index in [9.17, 15) is 13.2 Å². The Morgan fingerprint density at radius 2 is 1.87 bits per heavy atom. The third-order valence-corrected chi connectivity index (χ3v) is 9.21. The second-order valence-corrected chi connectivity index (χ2v) is 11.4. The van der Waals surface area contributed by atoms with Crippen molar-refractivity contribution < 1.29 is 17.7 Å². The summed E-state index contributed by atoms with van der Waals surface area (Å²) in [5.41, 5.74) is 0. The fourth-order valence-electron chi connectivity index (χ4n) is 4.29. The van der Waals surface area contributed by atoms with Crippen molar-refractivity contribution in [2.45, 2.75) is 69.7 Å². The molecule has 0 atom stereocenters. The molecule has 2 fully saturated rings. The van der Waals surface area contributed by atoms with Crippen molar-refractivity contribution in [2.24, 2.45) is 5.92 Å². The van der Waals surface area contributed by atoms with Crippen molar-refractivity contribution in [3.63, 3.8) is 0 Å². The number of sulfonamides is 1. The Bertz CT molecular complexity index is 1000. The van der Waals surface area contributed by atoms with Crippen LogP contribution in [0.3, 0.4) is 0 Å². The van der Waals surface area contributed by atoms with E-state index in [0.717, 1.165) is 12.8 Å². The van der Waals surface area contributed by atoms with E-state index < -0.39 is 10.0 Å². The van der Waals surface area contributed by atoms with Crippen LogP contribution in [0.1, 0.15) is 55.7 Å². The number of aryl methyl sites for hydroxylation is 2. The number of carbonyl (C=O) groups is 1. The number of amides is 1. The van der Waals surface area contributed by atoms with Crippen molar-refractivity contribution in [3.8, 4) is 10.7 Å². The van der Waals surface area contributed by atoms with Crippen molar-refractivity contribution >= 4 is 27.3 Å². The smallest absolute Gasteiger partial charge is 0.244 e. The fraction of sp³-hybridized carbons (Fsp3) is 0.650. The molecule has 164 valence electrons. The molecule has 0 bridgehead atoms. The molecule has 4 rings (SSSR count).